The molecule has 0 aliphatic heterocycles. The molecule has 0 aliphatic carbocycles. The van der Waals surface area contributed by atoms with Crippen LogP contribution in [0.2, 0.25) is 0 Å². The smallest absolute Gasteiger partial charge is 0.251 e. The number of aromatic amines is 1. The van der Waals surface area contributed by atoms with Crippen molar-refractivity contribution in [2.24, 2.45) is 0 Å². The Kier molecular flexibility index (Phi) is 5.73. The minimum absolute atomic E-state index is 0.0714. The summed E-state index contributed by atoms with van der Waals surface area (Å²) in [6, 6.07) is 1.56. The normalized spacial score (nSPS) is 10.0. The van der Waals surface area contributed by atoms with Crippen molar-refractivity contribution in [3.8, 4) is 12.3 Å². The molecule has 1 aromatic heterocycles. The predicted molar refractivity (Wildman–Crippen MR) is 67.6 cm³/mol. The van der Waals surface area contributed by atoms with Gasteiger partial charge in [-0.05, 0) is 12.8 Å². The molecule has 1 N–H and O–H groups in total. The summed E-state index contributed by atoms with van der Waals surface area (Å²) in [5.41, 5.74) is 0.795. The molecule has 0 aromatic carbocycles. The monoisotopic (exact) mass is 236 g/mol. The van der Waals surface area contributed by atoms with Crippen LogP contribution in [0.15, 0.2) is 16.0 Å². The first-order valence-electron chi connectivity index (χ1n) is 5.42. The van der Waals surface area contributed by atoms with Crippen molar-refractivity contribution in [1.82, 2.24) is 9.97 Å². The number of nitrogens with zero attached hydrogens (tertiary/aromatic N) is 1. The van der Waals surface area contributed by atoms with Crippen LogP contribution in [0, 0.1) is 12.3 Å². The van der Waals surface area contributed by atoms with Gasteiger partial charge >= 0.3 is 0 Å². The summed E-state index contributed by atoms with van der Waals surface area (Å²) in [4.78, 5) is 18.4. The number of terminal acetylenes is 1. The Hall–Kier alpha value is -1.21. The van der Waals surface area contributed by atoms with Gasteiger partial charge in [0.15, 0.2) is 5.16 Å². The van der Waals surface area contributed by atoms with Crippen molar-refractivity contribution in [2.45, 2.75) is 37.8 Å². The van der Waals surface area contributed by atoms with Crippen LogP contribution in [0.25, 0.3) is 0 Å². The Balaban J connectivity index is 2.59. The van der Waals surface area contributed by atoms with E-state index >= 15 is 0 Å². The zero-order valence-electron chi connectivity index (χ0n) is 9.45. The van der Waals surface area contributed by atoms with Crippen LogP contribution < -0.4 is 5.56 Å². The average molecular weight is 236 g/mol. The number of hydrogen-bond donors (Lipinski definition) is 1. The molecule has 0 saturated carbocycles. The molecule has 86 valence electrons. The third-order valence-corrected chi connectivity index (χ3v) is 2.94. The largest absolute Gasteiger partial charge is 0.301 e. The molecule has 0 saturated heterocycles. The van der Waals surface area contributed by atoms with Crippen molar-refractivity contribution < 1.29 is 0 Å². The fourth-order valence-corrected chi connectivity index (χ4v) is 2.12. The summed E-state index contributed by atoms with van der Waals surface area (Å²) in [5.74, 6) is 3.48. The molecule has 0 bridgehead atoms. The van der Waals surface area contributed by atoms with E-state index in [0.29, 0.717) is 5.16 Å². The highest BCUT2D eigenvalue weighted by molar-refractivity contribution is 7.99. The van der Waals surface area contributed by atoms with Crippen molar-refractivity contribution in [3.63, 3.8) is 0 Å². The van der Waals surface area contributed by atoms with Crippen molar-refractivity contribution in [2.75, 3.05) is 5.75 Å². The van der Waals surface area contributed by atoms with Crippen molar-refractivity contribution in [3.05, 3.63) is 22.1 Å². The maximum absolute atomic E-state index is 11.3. The number of nitrogens with one attached hydrogen (secondary N) is 1. The minimum Gasteiger partial charge on any atom is -0.301 e. The maximum Gasteiger partial charge on any atom is 0.251 e. The van der Waals surface area contributed by atoms with Gasteiger partial charge in [0.25, 0.3) is 5.56 Å². The van der Waals surface area contributed by atoms with Crippen LogP contribution >= 0.6 is 11.8 Å². The van der Waals surface area contributed by atoms with Gasteiger partial charge in [-0.25, -0.2) is 4.98 Å². The Morgan fingerprint density at radius 1 is 1.62 bits per heavy atom. The van der Waals surface area contributed by atoms with Crippen LogP contribution in [0.3, 0.4) is 0 Å². The maximum atomic E-state index is 11.3. The Morgan fingerprint density at radius 3 is 3.12 bits per heavy atom. The lowest BCUT2D eigenvalue weighted by molar-refractivity contribution is 0.815. The lowest BCUT2D eigenvalue weighted by atomic mass is 10.2. The third kappa shape index (κ3) is 4.54. The second-order valence-electron chi connectivity index (χ2n) is 3.45. The molecule has 0 unspecified atom stereocenters. The number of aryl methyl sites for hydroxylation is 1. The van der Waals surface area contributed by atoms with E-state index in [1.807, 2.05) is 0 Å². The van der Waals surface area contributed by atoms with Gasteiger partial charge in [0.05, 0.1) is 0 Å². The minimum atomic E-state index is -0.0714. The van der Waals surface area contributed by atoms with Crippen LogP contribution in [0.4, 0.5) is 0 Å². The molecule has 0 fully saturated rings. The molecule has 0 aliphatic rings. The summed E-state index contributed by atoms with van der Waals surface area (Å²) < 4.78 is 0. The second-order valence-corrected chi connectivity index (χ2v) is 4.53. The first kappa shape index (κ1) is 12.9. The molecule has 0 radical (unpaired) electrons. The fourth-order valence-electron chi connectivity index (χ4n) is 1.28. The van der Waals surface area contributed by atoms with E-state index in [9.17, 15) is 4.79 Å². The van der Waals surface area contributed by atoms with Gasteiger partial charge in [-0.2, -0.15) is 0 Å². The third-order valence-electron chi connectivity index (χ3n) is 1.98. The zero-order chi connectivity index (χ0) is 11.8. The number of rotatable bonds is 6. The first-order chi connectivity index (χ1) is 7.76. The standard InChI is InChI=1S/C12H16N2OS/c1-3-5-6-8-16-12-13-10(7-4-2)9-11(15)14-12/h1,9H,4-8H2,2H3,(H,13,14,15). The van der Waals surface area contributed by atoms with E-state index in [2.05, 4.69) is 22.8 Å². The van der Waals surface area contributed by atoms with Gasteiger partial charge in [0.2, 0.25) is 0 Å². The summed E-state index contributed by atoms with van der Waals surface area (Å²) in [7, 11) is 0. The number of aromatic nitrogens is 2. The molecule has 0 spiro atoms. The van der Waals surface area contributed by atoms with E-state index in [1.54, 1.807) is 17.8 Å². The van der Waals surface area contributed by atoms with Gasteiger partial charge < -0.3 is 4.98 Å². The van der Waals surface area contributed by atoms with Crippen molar-refractivity contribution >= 4 is 11.8 Å². The topological polar surface area (TPSA) is 45.8 Å². The SMILES string of the molecule is C#CCCCSc1nc(CCC)cc(=O)[nH]1. The van der Waals surface area contributed by atoms with Gasteiger partial charge in [-0.15, -0.1) is 12.3 Å². The lowest BCUT2D eigenvalue weighted by Crippen LogP contribution is -2.10. The van der Waals surface area contributed by atoms with E-state index < -0.39 is 0 Å². The van der Waals surface area contributed by atoms with Gasteiger partial charge in [0, 0.05) is 23.9 Å². The molecular weight excluding hydrogens is 220 g/mol. The van der Waals surface area contributed by atoms with Crippen LogP contribution in [-0.2, 0) is 6.42 Å². The summed E-state index contributed by atoms with van der Waals surface area (Å²) in [6.07, 6.45) is 8.73. The molecule has 1 aromatic rings. The Labute approximate surface area is 100 Å². The average Bonchev–Trinajstić information content (AvgIpc) is 2.24. The molecule has 16 heavy (non-hydrogen) atoms. The molecule has 1 rings (SSSR count). The van der Waals surface area contributed by atoms with E-state index in [1.165, 1.54) is 0 Å². The molecule has 0 amide bonds. The quantitative estimate of drug-likeness (QED) is 0.356. The molecule has 3 nitrogen and oxygen atoms in total. The van der Waals surface area contributed by atoms with Crippen LogP contribution in [-0.4, -0.2) is 15.7 Å². The molecular formula is C12H16N2OS. The highest BCUT2D eigenvalue weighted by Gasteiger charge is 2.01. The van der Waals surface area contributed by atoms with Gasteiger partial charge in [-0.3, -0.25) is 4.79 Å². The first-order valence-corrected chi connectivity index (χ1v) is 6.41. The number of H-pyrrole nitrogens is 1. The highest BCUT2D eigenvalue weighted by Crippen LogP contribution is 2.13. The van der Waals surface area contributed by atoms with Crippen LogP contribution in [0.5, 0.6) is 0 Å². The number of unbranched alkanes of at least 4 members (excludes halogenated alkanes) is 1. The lowest BCUT2D eigenvalue weighted by Gasteiger charge is -2.02. The molecule has 1 heterocycles. The van der Waals surface area contributed by atoms with Gasteiger partial charge in [0.1, 0.15) is 0 Å². The highest BCUT2D eigenvalue weighted by atomic mass is 32.2. The molecule has 4 heteroatoms. The zero-order valence-corrected chi connectivity index (χ0v) is 10.3. The van der Waals surface area contributed by atoms with E-state index in [4.69, 9.17) is 6.42 Å². The predicted octanol–water partition coefficient (Wildman–Crippen LogP) is 2.23. The van der Waals surface area contributed by atoms with Crippen LogP contribution in [0.1, 0.15) is 31.9 Å². The number of hydrogen-bond acceptors (Lipinski definition) is 3. The summed E-state index contributed by atoms with van der Waals surface area (Å²) in [6.45, 7) is 2.07. The Bertz CT molecular complexity index is 420. The number of thioether (sulfide) groups is 1. The Morgan fingerprint density at radius 2 is 2.44 bits per heavy atom. The second kappa shape index (κ2) is 7.13. The summed E-state index contributed by atoms with van der Waals surface area (Å²) in [5, 5.41) is 0.702. The van der Waals surface area contributed by atoms with Gasteiger partial charge in [-0.1, -0.05) is 25.1 Å². The van der Waals surface area contributed by atoms with E-state index in [-0.39, 0.29) is 5.56 Å². The molecule has 0 atom stereocenters. The van der Waals surface area contributed by atoms with Crippen molar-refractivity contribution in [1.29, 1.82) is 0 Å². The van der Waals surface area contributed by atoms with E-state index in [0.717, 1.165) is 37.1 Å². The summed E-state index contributed by atoms with van der Waals surface area (Å²) >= 11 is 1.55. The fraction of sp³-hybridized carbons (Fsp3) is 0.500.